The molecule has 5 nitrogen and oxygen atoms in total. The van der Waals surface area contributed by atoms with Crippen LogP contribution >= 0.6 is 23.2 Å². The van der Waals surface area contributed by atoms with Gasteiger partial charge in [0.1, 0.15) is 18.5 Å². The lowest BCUT2D eigenvalue weighted by atomic mass is 10.3. The summed E-state index contributed by atoms with van der Waals surface area (Å²) in [4.78, 5) is 10.9. The molecule has 0 radical (unpaired) electrons. The molecule has 0 aliphatic heterocycles. The molecule has 0 heterocycles. The second kappa shape index (κ2) is 9.02. The Balaban J connectivity index is 2.24. The molecule has 112 valence electrons. The summed E-state index contributed by atoms with van der Waals surface area (Å²) in [5.74, 6) is 0.127. The molecule has 0 aromatic heterocycles. The van der Waals surface area contributed by atoms with Crippen LogP contribution in [0, 0.1) is 0 Å². The van der Waals surface area contributed by atoms with Crippen LogP contribution in [-0.2, 0) is 9.53 Å². The fourth-order valence-corrected chi connectivity index (χ4v) is 1.73. The van der Waals surface area contributed by atoms with Crippen LogP contribution in [0.3, 0.4) is 0 Å². The first-order chi connectivity index (χ1) is 9.52. The number of hydrogen-bond acceptors (Lipinski definition) is 5. The van der Waals surface area contributed by atoms with E-state index in [0.717, 1.165) is 0 Å². The summed E-state index contributed by atoms with van der Waals surface area (Å²) in [5.41, 5.74) is 0. The lowest BCUT2D eigenvalue weighted by Gasteiger charge is -2.14. The molecule has 0 aliphatic carbocycles. The first-order valence-corrected chi connectivity index (χ1v) is 6.82. The third-order valence-electron chi connectivity index (χ3n) is 2.44. The van der Waals surface area contributed by atoms with Crippen molar-refractivity contribution in [3.63, 3.8) is 0 Å². The second-order valence-corrected chi connectivity index (χ2v) is 4.91. The molecule has 0 amide bonds. The van der Waals surface area contributed by atoms with E-state index < -0.39 is 6.10 Å². The number of carbonyl (C=O) groups is 1. The number of esters is 1. The maximum absolute atomic E-state index is 10.9. The van der Waals surface area contributed by atoms with Crippen LogP contribution < -0.4 is 10.1 Å². The predicted molar refractivity (Wildman–Crippen MR) is 77.5 cm³/mol. The second-order valence-electron chi connectivity index (χ2n) is 4.07. The van der Waals surface area contributed by atoms with Crippen molar-refractivity contribution in [1.82, 2.24) is 5.32 Å². The van der Waals surface area contributed by atoms with Gasteiger partial charge in [0, 0.05) is 24.2 Å². The summed E-state index contributed by atoms with van der Waals surface area (Å²) in [6.45, 7) is 0.808. The van der Waals surface area contributed by atoms with Gasteiger partial charge in [0.15, 0.2) is 0 Å². The highest BCUT2D eigenvalue weighted by Crippen LogP contribution is 2.27. The van der Waals surface area contributed by atoms with E-state index in [9.17, 15) is 9.90 Å². The molecule has 7 heteroatoms. The fraction of sp³-hybridized carbons (Fsp3) is 0.462. The van der Waals surface area contributed by atoms with Gasteiger partial charge in [-0.3, -0.25) is 4.79 Å². The number of carbonyl (C=O) groups excluding carboxylic acids is 1. The van der Waals surface area contributed by atoms with Crippen LogP contribution in [0.15, 0.2) is 18.2 Å². The van der Waals surface area contributed by atoms with E-state index in [1.54, 1.807) is 18.2 Å². The number of ether oxygens (including phenoxy) is 2. The SMILES string of the molecule is COC(=O)CCNCC(O)COc1cc(Cl)ccc1Cl. The average Bonchev–Trinajstić information content (AvgIpc) is 2.44. The van der Waals surface area contributed by atoms with Crippen molar-refractivity contribution in [2.75, 3.05) is 26.8 Å². The van der Waals surface area contributed by atoms with E-state index in [2.05, 4.69) is 10.1 Å². The average molecular weight is 322 g/mol. The lowest BCUT2D eigenvalue weighted by molar-refractivity contribution is -0.140. The minimum atomic E-state index is -0.720. The normalized spacial score (nSPS) is 12.0. The minimum absolute atomic E-state index is 0.0747. The van der Waals surface area contributed by atoms with E-state index in [1.165, 1.54) is 7.11 Å². The number of aliphatic hydroxyl groups is 1. The Morgan fingerprint density at radius 2 is 2.20 bits per heavy atom. The van der Waals surface area contributed by atoms with Crippen LogP contribution in [0.5, 0.6) is 5.75 Å². The van der Waals surface area contributed by atoms with Crippen LogP contribution in [0.4, 0.5) is 0 Å². The summed E-state index contributed by atoms with van der Waals surface area (Å²) in [5, 5.41) is 13.6. The van der Waals surface area contributed by atoms with Gasteiger partial charge >= 0.3 is 5.97 Å². The van der Waals surface area contributed by atoms with Gasteiger partial charge < -0.3 is 19.9 Å². The molecular formula is C13H17Cl2NO4. The molecule has 2 N–H and O–H groups in total. The van der Waals surface area contributed by atoms with Crippen molar-refractivity contribution in [2.45, 2.75) is 12.5 Å². The zero-order chi connectivity index (χ0) is 15.0. The molecule has 20 heavy (non-hydrogen) atoms. The van der Waals surface area contributed by atoms with E-state index in [1.807, 2.05) is 0 Å². The van der Waals surface area contributed by atoms with Gasteiger partial charge in [-0.15, -0.1) is 0 Å². The zero-order valence-electron chi connectivity index (χ0n) is 11.1. The Hall–Kier alpha value is -1.01. The minimum Gasteiger partial charge on any atom is -0.489 e. The predicted octanol–water partition coefficient (Wildman–Crippen LogP) is 1.89. The van der Waals surface area contributed by atoms with E-state index >= 15 is 0 Å². The highest BCUT2D eigenvalue weighted by Gasteiger charge is 2.08. The van der Waals surface area contributed by atoms with Gasteiger partial charge in [-0.2, -0.15) is 0 Å². The third kappa shape index (κ3) is 6.43. The van der Waals surface area contributed by atoms with Crippen molar-refractivity contribution in [3.05, 3.63) is 28.2 Å². The molecule has 1 aromatic carbocycles. The summed E-state index contributed by atoms with van der Waals surface area (Å²) in [6, 6.07) is 4.86. The first-order valence-electron chi connectivity index (χ1n) is 6.06. The summed E-state index contributed by atoms with van der Waals surface area (Å²) in [7, 11) is 1.33. The highest BCUT2D eigenvalue weighted by molar-refractivity contribution is 6.34. The summed E-state index contributed by atoms with van der Waals surface area (Å²) in [6.07, 6.45) is -0.466. The Labute approximate surface area is 127 Å². The number of hydrogen-bond donors (Lipinski definition) is 2. The topological polar surface area (TPSA) is 67.8 Å². The third-order valence-corrected chi connectivity index (χ3v) is 2.99. The van der Waals surface area contributed by atoms with Crippen molar-refractivity contribution >= 4 is 29.2 Å². The molecule has 1 rings (SSSR count). The number of rotatable bonds is 8. The maximum Gasteiger partial charge on any atom is 0.306 e. The number of benzene rings is 1. The molecule has 0 bridgehead atoms. The highest BCUT2D eigenvalue weighted by atomic mass is 35.5. The van der Waals surface area contributed by atoms with Crippen LogP contribution in [-0.4, -0.2) is 44.0 Å². The van der Waals surface area contributed by atoms with Crippen LogP contribution in [0.1, 0.15) is 6.42 Å². The van der Waals surface area contributed by atoms with Gasteiger partial charge in [0.25, 0.3) is 0 Å². The van der Waals surface area contributed by atoms with Gasteiger partial charge in [-0.05, 0) is 12.1 Å². The molecule has 1 aromatic rings. The number of aliphatic hydroxyl groups excluding tert-OH is 1. The molecular weight excluding hydrogens is 305 g/mol. The fourth-order valence-electron chi connectivity index (χ4n) is 1.39. The Bertz CT molecular complexity index is 442. The lowest BCUT2D eigenvalue weighted by Crippen LogP contribution is -2.32. The monoisotopic (exact) mass is 321 g/mol. The van der Waals surface area contributed by atoms with Crippen molar-refractivity contribution in [2.24, 2.45) is 0 Å². The Morgan fingerprint density at radius 1 is 1.45 bits per heavy atom. The largest absolute Gasteiger partial charge is 0.489 e. The molecule has 1 atom stereocenters. The van der Waals surface area contributed by atoms with Crippen molar-refractivity contribution < 1.29 is 19.4 Å². The molecule has 1 unspecified atom stereocenters. The van der Waals surface area contributed by atoms with E-state index in [0.29, 0.717) is 28.9 Å². The Kier molecular flexibility index (Phi) is 7.69. The van der Waals surface area contributed by atoms with E-state index in [4.69, 9.17) is 27.9 Å². The molecule has 0 aliphatic rings. The summed E-state index contributed by atoms with van der Waals surface area (Å²) < 4.78 is 9.87. The smallest absolute Gasteiger partial charge is 0.306 e. The summed E-state index contributed by atoms with van der Waals surface area (Å²) >= 11 is 11.7. The number of nitrogens with one attached hydrogen (secondary N) is 1. The number of methoxy groups -OCH3 is 1. The van der Waals surface area contributed by atoms with Gasteiger partial charge in [-0.25, -0.2) is 0 Å². The maximum atomic E-state index is 10.9. The first kappa shape index (κ1) is 17.0. The molecule has 0 saturated heterocycles. The zero-order valence-corrected chi connectivity index (χ0v) is 12.6. The van der Waals surface area contributed by atoms with Crippen molar-refractivity contribution in [1.29, 1.82) is 0 Å². The van der Waals surface area contributed by atoms with Crippen LogP contribution in [0.2, 0.25) is 10.0 Å². The Morgan fingerprint density at radius 3 is 2.90 bits per heavy atom. The molecule has 0 fully saturated rings. The van der Waals surface area contributed by atoms with Crippen molar-refractivity contribution in [3.8, 4) is 5.75 Å². The van der Waals surface area contributed by atoms with E-state index in [-0.39, 0.29) is 19.0 Å². The standard InChI is InChI=1S/C13H17Cl2NO4/c1-19-13(18)4-5-16-7-10(17)8-20-12-6-9(14)2-3-11(12)15/h2-3,6,10,16-17H,4-5,7-8H2,1H3. The number of halogens is 2. The van der Waals surface area contributed by atoms with Gasteiger partial charge in [0.05, 0.1) is 18.6 Å². The molecule has 0 spiro atoms. The quantitative estimate of drug-likeness (QED) is 0.565. The van der Waals surface area contributed by atoms with Gasteiger partial charge in [0.2, 0.25) is 0 Å². The van der Waals surface area contributed by atoms with Crippen LogP contribution in [0.25, 0.3) is 0 Å². The van der Waals surface area contributed by atoms with Gasteiger partial charge in [-0.1, -0.05) is 23.2 Å². The molecule has 0 saturated carbocycles.